The van der Waals surface area contributed by atoms with E-state index >= 15 is 0 Å². The third-order valence-corrected chi connectivity index (χ3v) is 6.21. The van der Waals surface area contributed by atoms with Gasteiger partial charge in [0.1, 0.15) is 6.33 Å². The van der Waals surface area contributed by atoms with Crippen LogP contribution in [0.25, 0.3) is 16.8 Å². The molecule has 7 heteroatoms. The van der Waals surface area contributed by atoms with Crippen molar-refractivity contribution >= 4 is 0 Å². The van der Waals surface area contributed by atoms with Crippen LogP contribution < -0.4 is 5.69 Å². The Bertz CT molecular complexity index is 1240. The molecule has 0 aliphatic heterocycles. The van der Waals surface area contributed by atoms with Crippen molar-refractivity contribution in [1.29, 1.82) is 0 Å². The molecule has 4 rings (SSSR count). The zero-order valence-corrected chi connectivity index (χ0v) is 20.4. The van der Waals surface area contributed by atoms with Crippen LogP contribution in [0.4, 0.5) is 0 Å². The SMILES string of the molecule is CCCCCn1cc(CCC(C)C)n(Cc2ccc(-c3ccccc3-n3cnnn3)cc2)c1=O. The smallest absolute Gasteiger partial charge is 0.299 e. The van der Waals surface area contributed by atoms with Crippen LogP contribution >= 0.6 is 0 Å². The molecule has 34 heavy (non-hydrogen) atoms. The van der Waals surface area contributed by atoms with Crippen LogP contribution in [0.15, 0.2) is 65.8 Å². The Labute approximate surface area is 201 Å². The number of imidazole rings is 1. The molecule has 0 spiro atoms. The molecule has 2 heterocycles. The van der Waals surface area contributed by atoms with Crippen molar-refractivity contribution in [3.05, 3.63) is 82.8 Å². The van der Waals surface area contributed by atoms with Gasteiger partial charge in [-0.15, -0.1) is 5.10 Å². The lowest BCUT2D eigenvalue weighted by Gasteiger charge is -2.11. The summed E-state index contributed by atoms with van der Waals surface area (Å²) in [6, 6.07) is 16.5. The molecule has 0 radical (unpaired) electrons. The van der Waals surface area contributed by atoms with Crippen molar-refractivity contribution < 1.29 is 0 Å². The molecule has 2 aromatic heterocycles. The fourth-order valence-electron chi connectivity index (χ4n) is 4.24. The first-order chi connectivity index (χ1) is 16.6. The molecule has 0 fully saturated rings. The van der Waals surface area contributed by atoms with E-state index in [1.54, 1.807) is 11.0 Å². The third kappa shape index (κ3) is 5.53. The highest BCUT2D eigenvalue weighted by Crippen LogP contribution is 2.26. The Morgan fingerprint density at radius 1 is 1.00 bits per heavy atom. The number of aryl methyl sites for hydroxylation is 2. The van der Waals surface area contributed by atoms with Crippen LogP contribution in [0.2, 0.25) is 0 Å². The van der Waals surface area contributed by atoms with E-state index in [1.165, 1.54) is 0 Å². The quantitative estimate of drug-likeness (QED) is 0.293. The van der Waals surface area contributed by atoms with Crippen LogP contribution in [-0.2, 0) is 19.5 Å². The van der Waals surface area contributed by atoms with Crippen LogP contribution in [-0.4, -0.2) is 29.3 Å². The maximum atomic E-state index is 13.2. The number of para-hydroxylation sites is 1. The third-order valence-electron chi connectivity index (χ3n) is 6.21. The van der Waals surface area contributed by atoms with E-state index in [1.807, 2.05) is 27.3 Å². The lowest BCUT2D eigenvalue weighted by molar-refractivity contribution is 0.561. The van der Waals surface area contributed by atoms with Gasteiger partial charge in [-0.2, -0.15) is 4.68 Å². The Balaban J connectivity index is 1.58. The van der Waals surface area contributed by atoms with E-state index in [2.05, 4.69) is 72.8 Å². The van der Waals surface area contributed by atoms with E-state index in [-0.39, 0.29) is 5.69 Å². The second-order valence-electron chi connectivity index (χ2n) is 9.29. The fraction of sp³-hybridized carbons (Fsp3) is 0.407. The second kappa shape index (κ2) is 11.1. The number of benzene rings is 2. The average molecular weight is 459 g/mol. The number of aromatic nitrogens is 6. The van der Waals surface area contributed by atoms with Gasteiger partial charge in [0.05, 0.1) is 12.2 Å². The normalized spacial score (nSPS) is 11.4. The van der Waals surface area contributed by atoms with E-state index in [9.17, 15) is 4.79 Å². The molecule has 0 atom stereocenters. The molecule has 0 unspecified atom stereocenters. The minimum absolute atomic E-state index is 0.1000. The van der Waals surface area contributed by atoms with Gasteiger partial charge in [0.2, 0.25) is 0 Å². The topological polar surface area (TPSA) is 70.5 Å². The maximum Gasteiger partial charge on any atom is 0.328 e. The monoisotopic (exact) mass is 458 g/mol. The minimum atomic E-state index is 0.1000. The van der Waals surface area contributed by atoms with Crippen molar-refractivity contribution in [2.75, 3.05) is 0 Å². The zero-order valence-electron chi connectivity index (χ0n) is 20.4. The van der Waals surface area contributed by atoms with Crippen molar-refractivity contribution in [3.8, 4) is 16.8 Å². The molecular weight excluding hydrogens is 424 g/mol. The zero-order chi connectivity index (χ0) is 23.9. The predicted octanol–water partition coefficient (Wildman–Crippen LogP) is 5.12. The highest BCUT2D eigenvalue weighted by molar-refractivity contribution is 5.72. The highest BCUT2D eigenvalue weighted by atomic mass is 16.1. The summed E-state index contributed by atoms with van der Waals surface area (Å²) in [7, 11) is 0. The van der Waals surface area contributed by atoms with Gasteiger partial charge in [0.25, 0.3) is 0 Å². The van der Waals surface area contributed by atoms with Gasteiger partial charge in [-0.1, -0.05) is 76.1 Å². The molecule has 0 saturated heterocycles. The average Bonchev–Trinajstić information content (AvgIpc) is 3.48. The molecule has 0 aliphatic carbocycles. The number of hydrogen-bond donors (Lipinski definition) is 0. The summed E-state index contributed by atoms with van der Waals surface area (Å²) in [5, 5.41) is 11.6. The van der Waals surface area contributed by atoms with Crippen molar-refractivity contribution in [3.63, 3.8) is 0 Å². The largest absolute Gasteiger partial charge is 0.328 e. The Kier molecular flexibility index (Phi) is 7.72. The van der Waals surface area contributed by atoms with E-state index in [0.717, 1.165) is 66.7 Å². The first-order valence-corrected chi connectivity index (χ1v) is 12.3. The first kappa shape index (κ1) is 23.7. The Hall–Kier alpha value is -3.48. The Morgan fingerprint density at radius 3 is 2.50 bits per heavy atom. The lowest BCUT2D eigenvalue weighted by Crippen LogP contribution is -2.25. The Morgan fingerprint density at radius 2 is 1.79 bits per heavy atom. The standard InChI is InChI=1S/C27H34N6O/c1-4-5-8-17-31-19-24(16-11-21(2)3)32(27(31)34)18-22-12-14-23(15-13-22)25-9-6-7-10-26(25)33-20-28-29-30-33/h6-7,9-10,12-15,19-21H,4-5,8,11,16-18H2,1-3H3. The summed E-state index contributed by atoms with van der Waals surface area (Å²) < 4.78 is 5.53. The summed E-state index contributed by atoms with van der Waals surface area (Å²) in [6.07, 6.45) is 9.02. The van der Waals surface area contributed by atoms with Gasteiger partial charge in [0, 0.05) is 24.0 Å². The summed E-state index contributed by atoms with van der Waals surface area (Å²) in [4.78, 5) is 13.2. The van der Waals surface area contributed by atoms with Crippen molar-refractivity contribution in [1.82, 2.24) is 29.3 Å². The van der Waals surface area contributed by atoms with Gasteiger partial charge in [-0.05, 0) is 52.8 Å². The highest BCUT2D eigenvalue weighted by Gasteiger charge is 2.13. The molecule has 0 bridgehead atoms. The van der Waals surface area contributed by atoms with E-state index < -0.39 is 0 Å². The number of tetrazole rings is 1. The van der Waals surface area contributed by atoms with Gasteiger partial charge in [0.15, 0.2) is 0 Å². The van der Waals surface area contributed by atoms with Crippen molar-refractivity contribution in [2.24, 2.45) is 5.92 Å². The summed E-state index contributed by atoms with van der Waals surface area (Å²) >= 11 is 0. The van der Waals surface area contributed by atoms with Crippen LogP contribution in [0.1, 0.15) is 57.7 Å². The minimum Gasteiger partial charge on any atom is -0.299 e. The number of nitrogens with zero attached hydrogens (tertiary/aromatic N) is 6. The lowest BCUT2D eigenvalue weighted by atomic mass is 10.0. The molecule has 0 N–H and O–H groups in total. The molecule has 178 valence electrons. The molecule has 7 nitrogen and oxygen atoms in total. The summed E-state index contributed by atoms with van der Waals surface area (Å²) in [6.45, 7) is 8.02. The number of hydrogen-bond acceptors (Lipinski definition) is 4. The first-order valence-electron chi connectivity index (χ1n) is 12.3. The van der Waals surface area contributed by atoms with E-state index in [0.29, 0.717) is 12.5 Å². The van der Waals surface area contributed by atoms with Gasteiger partial charge in [-0.3, -0.25) is 9.13 Å². The second-order valence-corrected chi connectivity index (χ2v) is 9.29. The molecular formula is C27H34N6O. The van der Waals surface area contributed by atoms with E-state index in [4.69, 9.17) is 0 Å². The molecule has 0 amide bonds. The van der Waals surface area contributed by atoms with Crippen LogP contribution in [0, 0.1) is 5.92 Å². The van der Waals surface area contributed by atoms with Crippen LogP contribution in [0.3, 0.4) is 0 Å². The molecule has 0 aliphatic rings. The van der Waals surface area contributed by atoms with Crippen LogP contribution in [0.5, 0.6) is 0 Å². The fourth-order valence-corrected chi connectivity index (χ4v) is 4.24. The molecule has 2 aromatic carbocycles. The summed E-state index contributed by atoms with van der Waals surface area (Å²) in [5.74, 6) is 0.603. The maximum absolute atomic E-state index is 13.2. The number of unbranched alkanes of at least 4 members (excludes halogenated alkanes) is 2. The molecule has 4 aromatic rings. The summed E-state index contributed by atoms with van der Waals surface area (Å²) in [5.41, 5.74) is 5.41. The van der Waals surface area contributed by atoms with Gasteiger partial charge >= 0.3 is 5.69 Å². The van der Waals surface area contributed by atoms with Gasteiger partial charge < -0.3 is 0 Å². The van der Waals surface area contributed by atoms with Crippen molar-refractivity contribution in [2.45, 2.75) is 66.0 Å². The molecule has 0 saturated carbocycles. The van der Waals surface area contributed by atoms with Gasteiger partial charge in [-0.25, -0.2) is 4.79 Å². The predicted molar refractivity (Wildman–Crippen MR) is 135 cm³/mol. The number of rotatable bonds is 11.